The molecule has 0 unspecified atom stereocenters. The van der Waals surface area contributed by atoms with Crippen molar-refractivity contribution in [2.75, 3.05) is 0 Å². The van der Waals surface area contributed by atoms with Crippen LogP contribution in [0.2, 0.25) is 0 Å². The van der Waals surface area contributed by atoms with Crippen LogP contribution in [-0.4, -0.2) is 10.1 Å². The van der Waals surface area contributed by atoms with Gasteiger partial charge >= 0.3 is 27.2 Å². The first-order valence-corrected chi connectivity index (χ1v) is 0.224. The van der Waals surface area contributed by atoms with E-state index in [9.17, 15) is 0 Å². The molecule has 0 saturated carbocycles. The van der Waals surface area contributed by atoms with Crippen LogP contribution in [0.25, 0.3) is 0 Å². The molecule has 0 N–H and O–H groups in total. The minimum absolute atomic E-state index is 0. The van der Waals surface area contributed by atoms with Crippen molar-refractivity contribution >= 4 is 10.1 Å². The van der Waals surface area contributed by atoms with Crippen LogP contribution in [0.4, 0.5) is 0 Å². The molecule has 0 aromatic rings. The maximum atomic E-state index is 6.25. The summed E-state index contributed by atoms with van der Waals surface area (Å²) in [6, 6.07) is 0. The predicted octanol–water partition coefficient (Wildman–Crippen LogP) is -0.0619. The van der Waals surface area contributed by atoms with E-state index in [1.165, 1.54) is 0 Å². The second-order valence-electron chi connectivity index (χ2n) is 0. The van der Waals surface area contributed by atoms with Gasteiger partial charge in [0.25, 0.3) is 0 Å². The van der Waals surface area contributed by atoms with Gasteiger partial charge in [-0.15, -0.1) is 0 Å². The maximum Gasteiger partial charge on any atom is 2.00 e. The fourth-order valence-corrected chi connectivity index (χ4v) is 0. The van der Waals surface area contributed by atoms with Gasteiger partial charge in [0.05, 0.1) is 0 Å². The summed E-state index contributed by atoms with van der Waals surface area (Å²) in [5.74, 6) is 0. The molecule has 0 aliphatic carbocycles. The van der Waals surface area contributed by atoms with Gasteiger partial charge in [-0.25, -0.2) is 0 Å². The molecule has 3 heteroatoms. The molecule has 0 aromatic carbocycles. The van der Waals surface area contributed by atoms with Gasteiger partial charge in [-0.3, -0.25) is 0 Å². The molecule has 0 radical (unpaired) electrons. The van der Waals surface area contributed by atoms with Crippen molar-refractivity contribution in [2.45, 2.75) is 0 Å². The molecule has 24 valence electrons. The van der Waals surface area contributed by atoms with Crippen LogP contribution in [-0.2, 0) is 17.1 Å². The quantitative estimate of drug-likeness (QED) is 0.309. The van der Waals surface area contributed by atoms with Gasteiger partial charge < -0.3 is 14.7 Å². The Morgan fingerprint density at radius 1 is 1.50 bits per heavy atom. The number of hydrogen-bond acceptors (Lipinski definition) is 1. The van der Waals surface area contributed by atoms with Crippen molar-refractivity contribution in [3.63, 3.8) is 0 Å². The van der Waals surface area contributed by atoms with E-state index in [2.05, 4.69) is 0 Å². The van der Waals surface area contributed by atoms with Crippen LogP contribution in [0.5, 0.6) is 0 Å². The second kappa shape index (κ2) is 474. The fourth-order valence-electron chi connectivity index (χ4n) is 0. The van der Waals surface area contributed by atoms with Gasteiger partial charge in [-0.2, -0.15) is 0 Å². The Morgan fingerprint density at radius 3 is 1.50 bits per heavy atom. The summed E-state index contributed by atoms with van der Waals surface area (Å²) in [6.07, 6.45) is 0. The zero-order valence-electron chi connectivity index (χ0n) is 3.96. The minimum atomic E-state index is 0. The minimum Gasteiger partial charge on any atom is -1.00 e. The number of nitrogens with zero attached hydrogens (tertiary/aromatic N) is 1. The Labute approximate surface area is 42.7 Å². The van der Waals surface area contributed by atoms with E-state index in [0.29, 0.717) is 0 Å². The van der Waals surface area contributed by atoms with Crippen LogP contribution < -0.4 is 0 Å². The smallest absolute Gasteiger partial charge is 1.00 e. The summed E-state index contributed by atoms with van der Waals surface area (Å²) in [7, 11) is 0. The van der Waals surface area contributed by atoms with Gasteiger partial charge in [0.15, 0.2) is 0 Å². The molecule has 0 saturated heterocycles. The summed E-state index contributed by atoms with van der Waals surface area (Å²) in [5, 5.41) is 6.25. The predicted molar refractivity (Wildman–Crippen MR) is 12.9 cm³/mol. The molecular formula is CH2BeCuN. The van der Waals surface area contributed by atoms with E-state index < -0.39 is 0 Å². The largest absolute Gasteiger partial charge is 2.00 e. The van der Waals surface area contributed by atoms with Gasteiger partial charge in [0, 0.05) is 0 Å². The first-order chi connectivity index (χ1) is 1.00. The van der Waals surface area contributed by atoms with Gasteiger partial charge in [0.1, 0.15) is 0 Å². The molecule has 0 heterocycles. The molecule has 4 heavy (non-hydrogen) atoms. The van der Waals surface area contributed by atoms with Crippen molar-refractivity contribution in [3.05, 3.63) is 6.57 Å². The molecule has 0 bridgehead atoms. The molecule has 0 amide bonds. The van der Waals surface area contributed by atoms with Crippen molar-refractivity contribution in [1.82, 2.24) is 0 Å². The summed E-state index contributed by atoms with van der Waals surface area (Å²) < 4.78 is 0. The third-order valence-corrected chi connectivity index (χ3v) is 0. The maximum absolute atomic E-state index is 6.25. The molecular weight excluding hydrogens is 98.6 g/mol. The first kappa shape index (κ1) is 30.4. The number of hydrogen-bond donors (Lipinski definition) is 0. The summed E-state index contributed by atoms with van der Waals surface area (Å²) >= 11 is 0. The third-order valence-electron chi connectivity index (χ3n) is 0. The fraction of sp³-hybridized carbons (Fsp3) is 0. The van der Waals surface area contributed by atoms with E-state index >= 15 is 0 Å². The van der Waals surface area contributed by atoms with Crippen LogP contribution in [0.15, 0.2) is 0 Å². The van der Waals surface area contributed by atoms with Crippen LogP contribution in [0, 0.1) is 11.8 Å². The van der Waals surface area contributed by atoms with Crippen molar-refractivity contribution in [2.24, 2.45) is 0 Å². The Bertz CT molecular complexity index is 18.3. The Hall–Kier alpha value is 0.178. The average molecular weight is 101 g/mol. The van der Waals surface area contributed by atoms with Crippen LogP contribution >= 0.6 is 0 Å². The second-order valence-corrected chi connectivity index (χ2v) is 0. The standard InChI is InChI=1S/CN.Be.Cu.2H/c1-2;;;;/q-1;+2;+1;2*-1. The Kier molecular flexibility index (Phi) is 3600. The van der Waals surface area contributed by atoms with E-state index in [0.717, 1.165) is 0 Å². The summed E-state index contributed by atoms with van der Waals surface area (Å²) in [5.41, 5.74) is 0. The van der Waals surface area contributed by atoms with E-state index in [1.54, 1.807) is 0 Å². The monoisotopic (exact) mass is 100.0 g/mol. The van der Waals surface area contributed by atoms with Crippen LogP contribution in [0.3, 0.4) is 0 Å². The molecule has 0 aliphatic rings. The third kappa shape index (κ3) is 95.1. The topological polar surface area (TPSA) is 23.8 Å². The zero-order valence-corrected chi connectivity index (χ0v) is 2.90. The molecule has 0 rings (SSSR count). The molecule has 0 spiro atoms. The van der Waals surface area contributed by atoms with E-state index in [-0.39, 0.29) is 30.0 Å². The molecule has 1 nitrogen and oxygen atoms in total. The van der Waals surface area contributed by atoms with Crippen molar-refractivity contribution in [1.29, 1.82) is 5.26 Å². The number of rotatable bonds is 0. The van der Waals surface area contributed by atoms with E-state index in [1.807, 2.05) is 0 Å². The summed E-state index contributed by atoms with van der Waals surface area (Å²) in [6.45, 7) is 4.75. The zero-order chi connectivity index (χ0) is 2.00. The summed E-state index contributed by atoms with van der Waals surface area (Å²) in [4.78, 5) is 0. The van der Waals surface area contributed by atoms with Crippen LogP contribution in [0.1, 0.15) is 2.85 Å². The SMILES string of the molecule is [Be+2].[C-]#N.[Cu+].[H-].[H-]. The molecule has 0 atom stereocenters. The molecule has 0 fully saturated rings. The first-order valence-electron chi connectivity index (χ1n) is 0.224. The van der Waals surface area contributed by atoms with E-state index in [4.69, 9.17) is 11.8 Å². The Morgan fingerprint density at radius 2 is 1.50 bits per heavy atom. The normalized spacial score (nSPS) is 0.500. The molecule has 0 aromatic heterocycles. The van der Waals surface area contributed by atoms with Crippen molar-refractivity contribution < 1.29 is 19.9 Å². The van der Waals surface area contributed by atoms with Gasteiger partial charge in [-0.1, -0.05) is 0 Å². The average Bonchev–Trinajstić information content (AvgIpc) is 1.00. The van der Waals surface area contributed by atoms with Crippen molar-refractivity contribution in [3.8, 4) is 0 Å². The van der Waals surface area contributed by atoms with Gasteiger partial charge in [-0.05, 0) is 0 Å². The Balaban J connectivity index is -0.000000000833. The van der Waals surface area contributed by atoms with Gasteiger partial charge in [0.2, 0.25) is 0 Å². The molecule has 0 aliphatic heterocycles.